The highest BCUT2D eigenvalue weighted by Crippen LogP contribution is 2.34. The van der Waals surface area contributed by atoms with Crippen LogP contribution in [0.25, 0.3) is 0 Å². The third-order valence-corrected chi connectivity index (χ3v) is 3.32. The molecule has 1 aromatic rings. The molecule has 2 unspecified atom stereocenters. The Kier molecular flexibility index (Phi) is 3.87. The first-order valence-corrected chi connectivity index (χ1v) is 6.31. The van der Waals surface area contributed by atoms with Crippen LogP contribution in [0.2, 0.25) is 0 Å². The van der Waals surface area contributed by atoms with Gasteiger partial charge < -0.3 is 15.2 Å². The number of hydrogen-bond donors (Lipinski definition) is 2. The van der Waals surface area contributed by atoms with Crippen LogP contribution < -0.4 is 10.1 Å². The van der Waals surface area contributed by atoms with Gasteiger partial charge in [-0.25, -0.2) is 0 Å². The van der Waals surface area contributed by atoms with Gasteiger partial charge in [-0.2, -0.15) is 0 Å². The molecule has 1 saturated heterocycles. The molecule has 0 saturated carbocycles. The molecule has 0 aromatic heterocycles. The van der Waals surface area contributed by atoms with E-state index in [4.69, 9.17) is 9.84 Å². The Morgan fingerprint density at radius 3 is 2.94 bits per heavy atom. The first kappa shape index (κ1) is 12.9. The van der Waals surface area contributed by atoms with Gasteiger partial charge in [-0.15, -0.1) is 0 Å². The van der Waals surface area contributed by atoms with Crippen molar-refractivity contribution < 1.29 is 14.6 Å². The van der Waals surface area contributed by atoms with Crippen LogP contribution in [0.5, 0.6) is 5.75 Å². The number of carboxylic acid groups (broad SMARTS) is 1. The van der Waals surface area contributed by atoms with E-state index in [9.17, 15) is 4.79 Å². The highest BCUT2D eigenvalue weighted by molar-refractivity contribution is 5.71. The molecule has 0 aliphatic carbocycles. The topological polar surface area (TPSA) is 58.6 Å². The van der Waals surface area contributed by atoms with Gasteiger partial charge in [0.15, 0.2) is 0 Å². The number of hydrogen-bond acceptors (Lipinski definition) is 3. The Balaban J connectivity index is 2.22. The molecule has 0 bridgehead atoms. The average Bonchev–Trinajstić information content (AvgIpc) is 2.81. The Labute approximate surface area is 107 Å². The van der Waals surface area contributed by atoms with Gasteiger partial charge in [-0.3, -0.25) is 4.79 Å². The fraction of sp³-hybridized carbons (Fsp3) is 0.500. The van der Waals surface area contributed by atoms with Gasteiger partial charge in [0.05, 0.1) is 12.5 Å². The molecule has 98 valence electrons. The average molecular weight is 249 g/mol. The zero-order valence-corrected chi connectivity index (χ0v) is 10.8. The number of carboxylic acids is 1. The number of carbonyl (C=O) groups is 1. The molecule has 4 nitrogen and oxygen atoms in total. The predicted molar refractivity (Wildman–Crippen MR) is 68.8 cm³/mol. The monoisotopic (exact) mass is 249 g/mol. The quantitative estimate of drug-likeness (QED) is 0.858. The second kappa shape index (κ2) is 5.40. The van der Waals surface area contributed by atoms with E-state index in [1.807, 2.05) is 26.0 Å². The molecule has 2 N–H and O–H groups in total. The Morgan fingerprint density at radius 2 is 2.33 bits per heavy atom. The molecule has 1 aliphatic heterocycles. The summed E-state index contributed by atoms with van der Waals surface area (Å²) >= 11 is 0. The molecule has 0 spiro atoms. The van der Waals surface area contributed by atoms with Gasteiger partial charge in [0.2, 0.25) is 0 Å². The van der Waals surface area contributed by atoms with Crippen LogP contribution in [0.4, 0.5) is 0 Å². The fourth-order valence-electron chi connectivity index (χ4n) is 2.39. The molecule has 18 heavy (non-hydrogen) atoms. The van der Waals surface area contributed by atoms with Gasteiger partial charge in [-0.05, 0) is 26.3 Å². The number of aliphatic carboxylic acids is 1. The third kappa shape index (κ3) is 2.64. The lowest BCUT2D eigenvalue weighted by atomic mass is 9.98. The standard InChI is InChI=1S/C14H19NO3/c1-3-18-13-5-4-9(2)6-11(13)12-7-10(8-15-12)14(16)17/h4-6,10,12,15H,3,7-8H2,1-2H3,(H,16,17). The van der Waals surface area contributed by atoms with Gasteiger partial charge >= 0.3 is 5.97 Å². The van der Waals surface area contributed by atoms with E-state index in [1.54, 1.807) is 0 Å². The minimum Gasteiger partial charge on any atom is -0.494 e. The second-order valence-electron chi connectivity index (χ2n) is 4.71. The van der Waals surface area contributed by atoms with Crippen molar-refractivity contribution in [2.24, 2.45) is 5.92 Å². The molecule has 0 amide bonds. The first-order valence-electron chi connectivity index (χ1n) is 6.31. The summed E-state index contributed by atoms with van der Waals surface area (Å²) in [5.74, 6) is -0.174. The van der Waals surface area contributed by atoms with Crippen LogP contribution in [0.15, 0.2) is 18.2 Å². The van der Waals surface area contributed by atoms with Crippen LogP contribution >= 0.6 is 0 Å². The molecule has 1 fully saturated rings. The van der Waals surface area contributed by atoms with E-state index in [0.717, 1.165) is 16.9 Å². The predicted octanol–water partition coefficient (Wildman–Crippen LogP) is 2.13. The van der Waals surface area contributed by atoms with E-state index < -0.39 is 5.97 Å². The lowest BCUT2D eigenvalue weighted by Crippen LogP contribution is -2.17. The summed E-state index contributed by atoms with van der Waals surface area (Å²) < 4.78 is 5.61. The molecule has 1 aromatic carbocycles. The fourth-order valence-corrected chi connectivity index (χ4v) is 2.39. The van der Waals surface area contributed by atoms with E-state index in [-0.39, 0.29) is 12.0 Å². The molecular formula is C14H19NO3. The zero-order chi connectivity index (χ0) is 13.1. The number of rotatable bonds is 4. The summed E-state index contributed by atoms with van der Waals surface area (Å²) in [6.45, 7) is 5.12. The molecular weight excluding hydrogens is 230 g/mol. The van der Waals surface area contributed by atoms with E-state index >= 15 is 0 Å². The van der Waals surface area contributed by atoms with Crippen molar-refractivity contribution in [3.8, 4) is 5.75 Å². The maximum absolute atomic E-state index is 11.0. The summed E-state index contributed by atoms with van der Waals surface area (Å²) in [4.78, 5) is 11.0. The SMILES string of the molecule is CCOc1ccc(C)cc1C1CC(C(=O)O)CN1. The van der Waals surface area contributed by atoms with Crippen molar-refractivity contribution in [2.75, 3.05) is 13.2 Å². The molecule has 1 heterocycles. The van der Waals surface area contributed by atoms with Crippen molar-refractivity contribution in [3.05, 3.63) is 29.3 Å². The highest BCUT2D eigenvalue weighted by atomic mass is 16.5. The smallest absolute Gasteiger partial charge is 0.307 e. The van der Waals surface area contributed by atoms with Crippen molar-refractivity contribution in [1.82, 2.24) is 5.32 Å². The minimum absolute atomic E-state index is 0.0764. The van der Waals surface area contributed by atoms with Crippen molar-refractivity contribution in [1.29, 1.82) is 0 Å². The van der Waals surface area contributed by atoms with Crippen LogP contribution in [0.1, 0.15) is 30.5 Å². The van der Waals surface area contributed by atoms with E-state index in [1.165, 1.54) is 0 Å². The second-order valence-corrected chi connectivity index (χ2v) is 4.71. The Bertz CT molecular complexity index is 445. The number of nitrogens with one attached hydrogen (secondary N) is 1. The minimum atomic E-state index is -0.726. The Morgan fingerprint density at radius 1 is 1.56 bits per heavy atom. The largest absolute Gasteiger partial charge is 0.494 e. The summed E-state index contributed by atoms with van der Waals surface area (Å²) in [7, 11) is 0. The highest BCUT2D eigenvalue weighted by Gasteiger charge is 2.31. The number of aryl methyl sites for hydroxylation is 1. The summed E-state index contributed by atoms with van der Waals surface area (Å²) in [5.41, 5.74) is 2.23. The van der Waals surface area contributed by atoms with Gasteiger partial charge in [0, 0.05) is 18.2 Å². The van der Waals surface area contributed by atoms with E-state index in [2.05, 4.69) is 11.4 Å². The van der Waals surface area contributed by atoms with Crippen LogP contribution in [0.3, 0.4) is 0 Å². The van der Waals surface area contributed by atoms with Crippen molar-refractivity contribution in [2.45, 2.75) is 26.3 Å². The van der Waals surface area contributed by atoms with Gasteiger partial charge in [0.25, 0.3) is 0 Å². The summed E-state index contributed by atoms with van der Waals surface area (Å²) in [6, 6.07) is 6.13. The lowest BCUT2D eigenvalue weighted by molar-refractivity contribution is -0.141. The maximum atomic E-state index is 11.0. The van der Waals surface area contributed by atoms with Crippen molar-refractivity contribution in [3.63, 3.8) is 0 Å². The number of benzene rings is 1. The zero-order valence-electron chi connectivity index (χ0n) is 10.8. The molecule has 2 atom stereocenters. The summed E-state index contributed by atoms with van der Waals surface area (Å²) in [6.07, 6.45) is 0.624. The lowest BCUT2D eigenvalue weighted by Gasteiger charge is -2.16. The van der Waals surface area contributed by atoms with Crippen LogP contribution in [0, 0.1) is 12.8 Å². The van der Waals surface area contributed by atoms with E-state index in [0.29, 0.717) is 19.6 Å². The van der Waals surface area contributed by atoms with Crippen LogP contribution in [-0.2, 0) is 4.79 Å². The van der Waals surface area contributed by atoms with Crippen LogP contribution in [-0.4, -0.2) is 24.2 Å². The molecule has 1 aliphatic rings. The first-order chi connectivity index (χ1) is 8.61. The normalized spacial score (nSPS) is 23.0. The molecule has 0 radical (unpaired) electrons. The number of ether oxygens (including phenoxy) is 1. The molecule has 4 heteroatoms. The molecule has 2 rings (SSSR count). The van der Waals surface area contributed by atoms with Gasteiger partial charge in [-0.1, -0.05) is 17.7 Å². The van der Waals surface area contributed by atoms with Gasteiger partial charge in [0.1, 0.15) is 5.75 Å². The third-order valence-electron chi connectivity index (χ3n) is 3.32. The maximum Gasteiger partial charge on any atom is 0.307 e. The summed E-state index contributed by atoms with van der Waals surface area (Å²) in [5, 5.41) is 12.3. The van der Waals surface area contributed by atoms with Crippen molar-refractivity contribution >= 4 is 5.97 Å². The Hall–Kier alpha value is -1.55.